The number of piperazine rings is 1. The third kappa shape index (κ3) is 5.59. The van der Waals surface area contributed by atoms with E-state index in [-0.39, 0.29) is 18.2 Å². The standard InChI is InChI=1S/C20H22F4N2O2/c21-16-4-2-5-17(12-16)26-9-7-25(8-10-26)13-18(27)14-28-19-6-1-3-15(11-19)20(22,23)24/h1-6,11-12,18,27H,7-10,13-14H2/t18-/m0/s1. The number of nitrogens with zero attached hydrogens (tertiary/aromatic N) is 2. The van der Waals surface area contributed by atoms with Gasteiger partial charge in [0.05, 0.1) is 5.56 Å². The van der Waals surface area contributed by atoms with E-state index in [9.17, 15) is 22.7 Å². The summed E-state index contributed by atoms with van der Waals surface area (Å²) < 4.78 is 56.8. The summed E-state index contributed by atoms with van der Waals surface area (Å²) in [5.74, 6) is -0.202. The Hall–Kier alpha value is -2.32. The van der Waals surface area contributed by atoms with Gasteiger partial charge in [0.1, 0.15) is 24.3 Å². The largest absolute Gasteiger partial charge is 0.491 e. The molecule has 1 N–H and O–H groups in total. The van der Waals surface area contributed by atoms with Crippen molar-refractivity contribution >= 4 is 5.69 Å². The van der Waals surface area contributed by atoms with Crippen LogP contribution in [0, 0.1) is 5.82 Å². The molecule has 0 radical (unpaired) electrons. The predicted octanol–water partition coefficient (Wildman–Crippen LogP) is 3.41. The Labute approximate surface area is 160 Å². The van der Waals surface area contributed by atoms with Crippen LogP contribution < -0.4 is 9.64 Å². The van der Waals surface area contributed by atoms with Crippen molar-refractivity contribution in [1.29, 1.82) is 0 Å². The van der Waals surface area contributed by atoms with Crippen LogP contribution >= 0.6 is 0 Å². The van der Waals surface area contributed by atoms with Crippen molar-refractivity contribution < 1.29 is 27.4 Å². The molecule has 1 fully saturated rings. The number of aliphatic hydroxyl groups excluding tert-OH is 1. The average Bonchev–Trinajstić information content (AvgIpc) is 2.66. The van der Waals surface area contributed by atoms with Gasteiger partial charge in [0.2, 0.25) is 0 Å². The number of halogens is 4. The molecule has 1 atom stereocenters. The highest BCUT2D eigenvalue weighted by atomic mass is 19.4. The van der Waals surface area contributed by atoms with Gasteiger partial charge in [-0.15, -0.1) is 0 Å². The smallest absolute Gasteiger partial charge is 0.416 e. The van der Waals surface area contributed by atoms with Gasteiger partial charge < -0.3 is 14.7 Å². The van der Waals surface area contributed by atoms with Gasteiger partial charge >= 0.3 is 6.18 Å². The van der Waals surface area contributed by atoms with Gasteiger partial charge in [0.15, 0.2) is 0 Å². The van der Waals surface area contributed by atoms with E-state index in [0.29, 0.717) is 32.7 Å². The molecule has 2 aromatic rings. The summed E-state index contributed by atoms with van der Waals surface area (Å²) in [6.45, 7) is 3.05. The van der Waals surface area contributed by atoms with Crippen LogP contribution in [0.4, 0.5) is 23.2 Å². The normalized spacial score (nSPS) is 16.8. The Kier molecular flexibility index (Phi) is 6.41. The molecule has 0 saturated carbocycles. The molecule has 1 heterocycles. The molecular formula is C20H22F4N2O2. The summed E-state index contributed by atoms with van der Waals surface area (Å²) >= 11 is 0. The number of anilines is 1. The van der Waals surface area contributed by atoms with E-state index in [0.717, 1.165) is 17.8 Å². The third-order valence-electron chi connectivity index (χ3n) is 4.62. The van der Waals surface area contributed by atoms with Crippen LogP contribution in [0.1, 0.15) is 5.56 Å². The molecule has 0 aliphatic carbocycles. The second-order valence-electron chi connectivity index (χ2n) is 6.76. The minimum Gasteiger partial charge on any atom is -0.491 e. The number of ether oxygens (including phenoxy) is 1. The lowest BCUT2D eigenvalue weighted by Crippen LogP contribution is -2.49. The van der Waals surface area contributed by atoms with Crippen LogP contribution in [0.3, 0.4) is 0 Å². The van der Waals surface area contributed by atoms with Crippen LogP contribution in [0.25, 0.3) is 0 Å². The first-order valence-electron chi connectivity index (χ1n) is 9.02. The van der Waals surface area contributed by atoms with Crippen LogP contribution in [0.2, 0.25) is 0 Å². The third-order valence-corrected chi connectivity index (χ3v) is 4.62. The van der Waals surface area contributed by atoms with Crippen molar-refractivity contribution in [2.45, 2.75) is 12.3 Å². The van der Waals surface area contributed by atoms with Crippen molar-refractivity contribution in [3.63, 3.8) is 0 Å². The van der Waals surface area contributed by atoms with Gasteiger partial charge in [0, 0.05) is 38.4 Å². The average molecular weight is 398 g/mol. The fraction of sp³-hybridized carbons (Fsp3) is 0.400. The zero-order valence-electron chi connectivity index (χ0n) is 15.2. The van der Waals surface area contributed by atoms with Crippen molar-refractivity contribution in [3.8, 4) is 5.75 Å². The highest BCUT2D eigenvalue weighted by molar-refractivity contribution is 5.46. The minimum atomic E-state index is -4.43. The van der Waals surface area contributed by atoms with Gasteiger partial charge in [0.25, 0.3) is 0 Å². The Morgan fingerprint density at radius 1 is 1.00 bits per heavy atom. The van der Waals surface area contributed by atoms with Gasteiger partial charge in [-0.1, -0.05) is 12.1 Å². The number of β-amino-alcohol motifs (C(OH)–C–C–N with tert-alkyl or cyclic N) is 1. The minimum absolute atomic E-state index is 0.0739. The van der Waals surface area contributed by atoms with E-state index in [1.807, 2.05) is 6.07 Å². The van der Waals surface area contributed by atoms with E-state index in [2.05, 4.69) is 9.80 Å². The zero-order chi connectivity index (χ0) is 20.1. The molecule has 2 aromatic carbocycles. The molecule has 8 heteroatoms. The Balaban J connectivity index is 1.44. The summed E-state index contributed by atoms with van der Waals surface area (Å²) in [4.78, 5) is 4.13. The summed E-state index contributed by atoms with van der Waals surface area (Å²) in [6, 6.07) is 11.0. The fourth-order valence-electron chi connectivity index (χ4n) is 3.17. The Morgan fingerprint density at radius 2 is 1.71 bits per heavy atom. The second kappa shape index (κ2) is 8.79. The lowest BCUT2D eigenvalue weighted by Gasteiger charge is -2.36. The molecule has 1 aliphatic heterocycles. The van der Waals surface area contributed by atoms with E-state index >= 15 is 0 Å². The molecule has 1 aliphatic rings. The molecule has 0 aromatic heterocycles. The first kappa shape index (κ1) is 20.4. The maximum absolute atomic E-state index is 13.3. The van der Waals surface area contributed by atoms with Crippen LogP contribution in [0.5, 0.6) is 5.75 Å². The molecule has 3 rings (SSSR count). The number of alkyl halides is 3. The van der Waals surface area contributed by atoms with Crippen LogP contribution in [-0.2, 0) is 6.18 Å². The van der Waals surface area contributed by atoms with Gasteiger partial charge in [-0.3, -0.25) is 4.90 Å². The van der Waals surface area contributed by atoms with Crippen LogP contribution in [0.15, 0.2) is 48.5 Å². The highest BCUT2D eigenvalue weighted by Gasteiger charge is 2.30. The number of benzene rings is 2. The van der Waals surface area contributed by atoms with Crippen molar-refractivity contribution in [1.82, 2.24) is 4.90 Å². The summed E-state index contributed by atoms with van der Waals surface area (Å²) in [5.41, 5.74) is 0.0426. The zero-order valence-corrected chi connectivity index (χ0v) is 15.2. The fourth-order valence-corrected chi connectivity index (χ4v) is 3.17. The molecule has 152 valence electrons. The molecule has 4 nitrogen and oxygen atoms in total. The molecule has 0 spiro atoms. The molecular weight excluding hydrogens is 376 g/mol. The highest BCUT2D eigenvalue weighted by Crippen LogP contribution is 2.31. The molecule has 0 bridgehead atoms. The Morgan fingerprint density at radius 3 is 2.39 bits per heavy atom. The van der Waals surface area contributed by atoms with E-state index in [1.165, 1.54) is 24.3 Å². The van der Waals surface area contributed by atoms with Crippen LogP contribution in [-0.4, -0.2) is 55.4 Å². The van der Waals surface area contributed by atoms with Gasteiger partial charge in [-0.05, 0) is 36.4 Å². The quantitative estimate of drug-likeness (QED) is 0.757. The van der Waals surface area contributed by atoms with Gasteiger partial charge in [-0.2, -0.15) is 13.2 Å². The second-order valence-corrected chi connectivity index (χ2v) is 6.76. The first-order valence-corrected chi connectivity index (χ1v) is 9.02. The molecule has 1 saturated heterocycles. The first-order chi connectivity index (χ1) is 13.3. The van der Waals surface area contributed by atoms with E-state index < -0.39 is 17.8 Å². The maximum Gasteiger partial charge on any atom is 0.416 e. The molecule has 28 heavy (non-hydrogen) atoms. The number of rotatable bonds is 6. The van der Waals surface area contributed by atoms with Gasteiger partial charge in [-0.25, -0.2) is 4.39 Å². The lowest BCUT2D eigenvalue weighted by atomic mass is 10.2. The SMILES string of the molecule is O[C@H](COc1cccc(C(F)(F)F)c1)CN1CCN(c2cccc(F)c2)CC1. The summed E-state index contributed by atoms with van der Waals surface area (Å²) in [6.07, 6.45) is -5.26. The number of aliphatic hydroxyl groups is 1. The summed E-state index contributed by atoms with van der Waals surface area (Å²) in [7, 11) is 0. The van der Waals surface area contributed by atoms with Crippen molar-refractivity contribution in [2.24, 2.45) is 0 Å². The number of hydrogen-bond donors (Lipinski definition) is 1. The predicted molar refractivity (Wildman–Crippen MR) is 98.0 cm³/mol. The Bertz CT molecular complexity index is 777. The topological polar surface area (TPSA) is 35.9 Å². The van der Waals surface area contributed by atoms with E-state index in [4.69, 9.17) is 4.74 Å². The summed E-state index contributed by atoms with van der Waals surface area (Å²) in [5, 5.41) is 10.2. The lowest BCUT2D eigenvalue weighted by molar-refractivity contribution is -0.137. The van der Waals surface area contributed by atoms with Crippen molar-refractivity contribution in [3.05, 3.63) is 59.9 Å². The van der Waals surface area contributed by atoms with E-state index in [1.54, 1.807) is 6.07 Å². The van der Waals surface area contributed by atoms with Crippen molar-refractivity contribution in [2.75, 3.05) is 44.2 Å². The monoisotopic (exact) mass is 398 g/mol. The maximum atomic E-state index is 13.3. The molecule has 0 unspecified atom stereocenters. The number of hydrogen-bond acceptors (Lipinski definition) is 4. The molecule has 0 amide bonds.